The highest BCUT2D eigenvalue weighted by atomic mass is 35.5. The molecule has 0 unspecified atom stereocenters. The molecule has 1 aliphatic heterocycles. The monoisotopic (exact) mass is 354 g/mol. The summed E-state index contributed by atoms with van der Waals surface area (Å²) in [5, 5.41) is 3.96. The first-order valence-corrected chi connectivity index (χ1v) is 7.53. The molecule has 6 heteroatoms. The number of piperazine rings is 1. The number of nitrogens with zero attached hydrogens (tertiary/aromatic N) is 1. The van der Waals surface area contributed by atoms with Gasteiger partial charge in [-0.3, -0.25) is 4.90 Å². The predicted octanol–water partition coefficient (Wildman–Crippen LogP) is 4.07. The second-order valence-corrected chi connectivity index (χ2v) is 5.99. The van der Waals surface area contributed by atoms with Crippen LogP contribution in [-0.4, -0.2) is 31.1 Å². The third kappa shape index (κ3) is 4.23. The van der Waals surface area contributed by atoms with E-state index in [1.165, 1.54) is 31.4 Å². The van der Waals surface area contributed by atoms with Crippen molar-refractivity contribution in [1.82, 2.24) is 10.2 Å². The van der Waals surface area contributed by atoms with Crippen LogP contribution in [0.4, 0.5) is 4.39 Å². The van der Waals surface area contributed by atoms with E-state index in [9.17, 15) is 4.39 Å². The molecule has 0 radical (unpaired) electrons. The molecule has 0 aromatic heterocycles. The van der Waals surface area contributed by atoms with Crippen LogP contribution in [0.5, 0.6) is 0 Å². The van der Waals surface area contributed by atoms with Gasteiger partial charge in [-0.15, -0.1) is 24.8 Å². The number of halogens is 4. The number of rotatable bonds is 3. The highest BCUT2D eigenvalue weighted by molar-refractivity contribution is 6.31. The van der Waals surface area contributed by atoms with Gasteiger partial charge in [-0.05, 0) is 36.5 Å². The molecular weight excluding hydrogens is 334 g/mol. The highest BCUT2D eigenvalue weighted by Crippen LogP contribution is 2.43. The lowest BCUT2D eigenvalue weighted by Crippen LogP contribution is -2.47. The molecule has 2 nitrogen and oxygen atoms in total. The molecule has 3 rings (SSSR count). The van der Waals surface area contributed by atoms with Gasteiger partial charge in [0.25, 0.3) is 0 Å². The molecule has 1 saturated carbocycles. The zero-order valence-corrected chi connectivity index (χ0v) is 14.2. The van der Waals surface area contributed by atoms with Gasteiger partial charge in [-0.2, -0.15) is 0 Å². The minimum absolute atomic E-state index is 0. The van der Waals surface area contributed by atoms with Crippen LogP contribution in [-0.2, 0) is 0 Å². The van der Waals surface area contributed by atoms with Gasteiger partial charge < -0.3 is 5.32 Å². The summed E-state index contributed by atoms with van der Waals surface area (Å²) >= 11 is 6.29. The molecule has 1 N–H and O–H groups in total. The van der Waals surface area contributed by atoms with Gasteiger partial charge >= 0.3 is 0 Å². The van der Waals surface area contributed by atoms with Crippen molar-refractivity contribution >= 4 is 36.4 Å². The summed E-state index contributed by atoms with van der Waals surface area (Å²) in [5.41, 5.74) is 1.11. The Kier molecular flexibility index (Phi) is 7.72. The van der Waals surface area contributed by atoms with Crippen LogP contribution in [0.15, 0.2) is 18.2 Å². The van der Waals surface area contributed by atoms with E-state index in [4.69, 9.17) is 11.6 Å². The maximum absolute atomic E-state index is 13.2. The molecule has 1 aliphatic carbocycles. The Labute approximate surface area is 143 Å². The molecule has 1 saturated heterocycles. The molecule has 21 heavy (non-hydrogen) atoms. The fourth-order valence-corrected chi connectivity index (χ4v) is 3.49. The maximum atomic E-state index is 13.2. The smallest absolute Gasteiger partial charge is 0.124 e. The summed E-state index contributed by atoms with van der Waals surface area (Å²) < 4.78 is 13.2. The molecule has 0 amide bonds. The minimum atomic E-state index is -0.249. The third-order valence-corrected chi connectivity index (χ3v) is 4.75. The van der Waals surface area contributed by atoms with Crippen LogP contribution in [0.25, 0.3) is 0 Å². The van der Waals surface area contributed by atoms with Crippen LogP contribution in [0.2, 0.25) is 5.02 Å². The first-order chi connectivity index (χ1) is 9.25. The van der Waals surface area contributed by atoms with Crippen molar-refractivity contribution in [2.75, 3.05) is 26.2 Å². The Bertz CT molecular complexity index is 449. The summed E-state index contributed by atoms with van der Waals surface area (Å²) in [6.07, 6.45) is 3.84. The molecule has 1 aromatic rings. The molecule has 0 bridgehead atoms. The Morgan fingerprint density at radius 3 is 2.38 bits per heavy atom. The van der Waals surface area contributed by atoms with E-state index in [1.807, 2.05) is 6.07 Å². The van der Waals surface area contributed by atoms with E-state index >= 15 is 0 Å². The lowest BCUT2D eigenvalue weighted by molar-refractivity contribution is 0.0837. The van der Waals surface area contributed by atoms with E-state index in [1.54, 1.807) is 0 Å². The Morgan fingerprint density at radius 1 is 1.19 bits per heavy atom. The van der Waals surface area contributed by atoms with Crippen molar-refractivity contribution < 1.29 is 4.39 Å². The summed E-state index contributed by atoms with van der Waals surface area (Å²) in [6, 6.07) is 5.23. The van der Waals surface area contributed by atoms with E-state index in [-0.39, 0.29) is 30.6 Å². The number of hydrogen-bond donors (Lipinski definition) is 1. The van der Waals surface area contributed by atoms with Crippen LogP contribution < -0.4 is 5.32 Å². The van der Waals surface area contributed by atoms with Crippen molar-refractivity contribution in [2.24, 2.45) is 5.92 Å². The fourth-order valence-electron chi connectivity index (χ4n) is 3.21. The van der Waals surface area contributed by atoms with E-state index in [2.05, 4.69) is 10.2 Å². The largest absolute Gasteiger partial charge is 0.314 e. The number of hydrogen-bond acceptors (Lipinski definition) is 2. The van der Waals surface area contributed by atoms with Gasteiger partial charge in [0.15, 0.2) is 0 Å². The molecule has 1 atom stereocenters. The molecule has 1 heterocycles. The van der Waals surface area contributed by atoms with Crippen molar-refractivity contribution in [1.29, 1.82) is 0 Å². The number of nitrogens with one attached hydrogen (secondary N) is 1. The summed E-state index contributed by atoms with van der Waals surface area (Å²) in [5.74, 6) is 0.433. The standard InChI is InChI=1S/C15H20ClFN2.2ClH/c16-14-10-12(17)4-5-13(14)15(11-2-1-3-11)19-8-6-18-7-9-19;;/h4-5,10-11,15,18H,1-3,6-9H2;2*1H/t15-;;/m1../s1. The quantitative estimate of drug-likeness (QED) is 0.879. The van der Waals surface area contributed by atoms with E-state index in [0.29, 0.717) is 17.0 Å². The molecule has 0 spiro atoms. The predicted molar refractivity (Wildman–Crippen MR) is 90.4 cm³/mol. The van der Waals surface area contributed by atoms with Gasteiger partial charge in [0.2, 0.25) is 0 Å². The second kappa shape index (κ2) is 8.54. The SMILES string of the molecule is Cl.Cl.Fc1ccc([C@@H](C2CCC2)N2CCNCC2)c(Cl)c1. The molecule has 2 aliphatic rings. The molecular formula is C15H22Cl3FN2. The van der Waals surface area contributed by atoms with E-state index in [0.717, 1.165) is 31.7 Å². The molecule has 1 aromatic carbocycles. The topological polar surface area (TPSA) is 15.3 Å². The summed E-state index contributed by atoms with van der Waals surface area (Å²) in [7, 11) is 0. The molecule has 2 fully saturated rings. The summed E-state index contributed by atoms with van der Waals surface area (Å²) in [6.45, 7) is 4.16. The van der Waals surface area contributed by atoms with Crippen molar-refractivity contribution in [2.45, 2.75) is 25.3 Å². The van der Waals surface area contributed by atoms with Gasteiger partial charge in [-0.1, -0.05) is 24.1 Å². The van der Waals surface area contributed by atoms with Gasteiger partial charge in [0.1, 0.15) is 5.82 Å². The van der Waals surface area contributed by atoms with Gasteiger partial charge in [0.05, 0.1) is 0 Å². The van der Waals surface area contributed by atoms with E-state index < -0.39 is 0 Å². The second-order valence-electron chi connectivity index (χ2n) is 5.59. The average Bonchev–Trinajstić information content (AvgIpc) is 2.35. The maximum Gasteiger partial charge on any atom is 0.124 e. The zero-order valence-electron chi connectivity index (χ0n) is 11.9. The Morgan fingerprint density at radius 2 is 1.86 bits per heavy atom. The Hall–Kier alpha value is -0.0600. The summed E-state index contributed by atoms with van der Waals surface area (Å²) in [4.78, 5) is 2.51. The third-order valence-electron chi connectivity index (χ3n) is 4.42. The van der Waals surface area contributed by atoms with Crippen LogP contribution >= 0.6 is 36.4 Å². The van der Waals surface area contributed by atoms with Crippen molar-refractivity contribution in [3.05, 3.63) is 34.6 Å². The average molecular weight is 356 g/mol. The lowest BCUT2D eigenvalue weighted by atomic mass is 9.76. The van der Waals surface area contributed by atoms with Crippen LogP contribution in [0, 0.1) is 11.7 Å². The zero-order chi connectivity index (χ0) is 13.2. The first-order valence-electron chi connectivity index (χ1n) is 7.15. The fraction of sp³-hybridized carbons (Fsp3) is 0.600. The van der Waals surface area contributed by atoms with Gasteiger partial charge in [0, 0.05) is 37.2 Å². The first kappa shape index (κ1) is 19.0. The molecule has 120 valence electrons. The lowest BCUT2D eigenvalue weighted by Gasteiger charge is -2.43. The van der Waals surface area contributed by atoms with Crippen molar-refractivity contribution in [3.63, 3.8) is 0 Å². The Balaban J connectivity index is 0.00000110. The normalized spacial score (nSPS) is 20.9. The van der Waals surface area contributed by atoms with Gasteiger partial charge in [-0.25, -0.2) is 4.39 Å². The van der Waals surface area contributed by atoms with Crippen LogP contribution in [0.3, 0.4) is 0 Å². The number of benzene rings is 1. The highest BCUT2D eigenvalue weighted by Gasteiger charge is 2.34. The van der Waals surface area contributed by atoms with Crippen molar-refractivity contribution in [3.8, 4) is 0 Å². The van der Waals surface area contributed by atoms with Crippen LogP contribution in [0.1, 0.15) is 30.9 Å². The minimum Gasteiger partial charge on any atom is -0.314 e.